The number of phenolic OH excluding ortho intramolecular Hbond substituents is 1. The van der Waals surface area contributed by atoms with Gasteiger partial charge in [-0.3, -0.25) is 4.79 Å². The molecule has 0 bridgehead atoms. The number of hydrogen-bond donors (Lipinski definition) is 3. The van der Waals surface area contributed by atoms with Gasteiger partial charge in [0.25, 0.3) is 5.91 Å². The Morgan fingerprint density at radius 2 is 2.06 bits per heavy atom. The summed E-state index contributed by atoms with van der Waals surface area (Å²) in [5.41, 5.74) is 1.01. The number of aryl methyl sites for hydroxylation is 1. The van der Waals surface area contributed by atoms with Crippen molar-refractivity contribution in [2.45, 2.75) is 25.8 Å². The standard InChI is InChI=1S/C13H15NO4/c1-7-6-9(15)4-5-10(7)12(16)14-11(13(17)18)8-2-3-8/h4-6,8,11,15H,2-3H2,1H3,(H,14,16)(H,17,18). The predicted octanol–water partition coefficient (Wildman–Crippen LogP) is 1.29. The molecule has 5 nitrogen and oxygen atoms in total. The van der Waals surface area contributed by atoms with Gasteiger partial charge in [-0.2, -0.15) is 0 Å². The molecule has 0 spiro atoms. The molecule has 0 saturated heterocycles. The molecule has 1 amide bonds. The number of carboxylic acids is 1. The minimum absolute atomic E-state index is 0.0453. The van der Waals surface area contributed by atoms with Crippen LogP contribution in [0.1, 0.15) is 28.8 Å². The quantitative estimate of drug-likeness (QED) is 0.750. The van der Waals surface area contributed by atoms with Gasteiger partial charge in [0, 0.05) is 5.56 Å². The van der Waals surface area contributed by atoms with Crippen LogP contribution in [0.3, 0.4) is 0 Å². The van der Waals surface area contributed by atoms with Crippen LogP contribution in [-0.4, -0.2) is 28.1 Å². The van der Waals surface area contributed by atoms with Gasteiger partial charge in [0.2, 0.25) is 0 Å². The second kappa shape index (κ2) is 4.68. The minimum Gasteiger partial charge on any atom is -0.508 e. The highest BCUT2D eigenvalue weighted by Crippen LogP contribution is 2.33. The monoisotopic (exact) mass is 249 g/mol. The average molecular weight is 249 g/mol. The van der Waals surface area contributed by atoms with E-state index in [1.807, 2.05) is 0 Å². The SMILES string of the molecule is Cc1cc(O)ccc1C(=O)NC(C(=O)O)C1CC1. The molecule has 1 fully saturated rings. The summed E-state index contributed by atoms with van der Waals surface area (Å²) in [7, 11) is 0. The molecule has 1 aromatic rings. The predicted molar refractivity (Wildman–Crippen MR) is 64.5 cm³/mol. The molecule has 0 aromatic heterocycles. The van der Waals surface area contributed by atoms with E-state index < -0.39 is 17.9 Å². The van der Waals surface area contributed by atoms with Crippen molar-refractivity contribution in [3.8, 4) is 5.75 Å². The first-order valence-corrected chi connectivity index (χ1v) is 5.82. The lowest BCUT2D eigenvalue weighted by molar-refractivity contribution is -0.139. The van der Waals surface area contributed by atoms with E-state index in [1.165, 1.54) is 18.2 Å². The van der Waals surface area contributed by atoms with Gasteiger partial charge in [0.05, 0.1) is 0 Å². The van der Waals surface area contributed by atoms with Gasteiger partial charge in [-0.25, -0.2) is 4.79 Å². The molecule has 2 rings (SSSR count). The zero-order valence-corrected chi connectivity index (χ0v) is 10.0. The molecule has 1 unspecified atom stereocenters. The Balaban J connectivity index is 2.13. The number of aromatic hydroxyl groups is 1. The number of nitrogens with one attached hydrogen (secondary N) is 1. The molecular weight excluding hydrogens is 234 g/mol. The second-order valence-corrected chi connectivity index (χ2v) is 4.63. The van der Waals surface area contributed by atoms with E-state index in [-0.39, 0.29) is 11.7 Å². The number of amides is 1. The lowest BCUT2D eigenvalue weighted by atomic mass is 10.1. The maximum atomic E-state index is 12.0. The molecule has 1 aliphatic carbocycles. The van der Waals surface area contributed by atoms with Crippen LogP contribution in [0, 0.1) is 12.8 Å². The van der Waals surface area contributed by atoms with Gasteiger partial charge in [-0.15, -0.1) is 0 Å². The Morgan fingerprint density at radius 1 is 1.39 bits per heavy atom. The Bertz CT molecular complexity index is 494. The summed E-state index contributed by atoms with van der Waals surface area (Å²) in [6.07, 6.45) is 1.68. The third-order valence-corrected chi connectivity index (χ3v) is 3.10. The van der Waals surface area contributed by atoms with Crippen LogP contribution < -0.4 is 5.32 Å². The van der Waals surface area contributed by atoms with Gasteiger partial charge in [0.1, 0.15) is 11.8 Å². The van der Waals surface area contributed by atoms with E-state index in [0.29, 0.717) is 11.1 Å². The third kappa shape index (κ3) is 2.61. The van der Waals surface area contributed by atoms with Crippen LogP contribution in [0.25, 0.3) is 0 Å². The van der Waals surface area contributed by atoms with Crippen molar-refractivity contribution < 1.29 is 19.8 Å². The van der Waals surface area contributed by atoms with Crippen molar-refractivity contribution in [2.75, 3.05) is 0 Å². The van der Waals surface area contributed by atoms with Crippen LogP contribution in [0.5, 0.6) is 5.75 Å². The fourth-order valence-electron chi connectivity index (χ4n) is 1.93. The zero-order chi connectivity index (χ0) is 13.3. The molecule has 1 atom stereocenters. The van der Waals surface area contributed by atoms with E-state index >= 15 is 0 Å². The molecule has 1 aliphatic rings. The first-order valence-electron chi connectivity index (χ1n) is 5.82. The first kappa shape index (κ1) is 12.4. The smallest absolute Gasteiger partial charge is 0.326 e. The van der Waals surface area contributed by atoms with Crippen LogP contribution in [0.2, 0.25) is 0 Å². The number of carbonyl (C=O) groups is 2. The zero-order valence-electron chi connectivity index (χ0n) is 10.0. The van der Waals surface area contributed by atoms with E-state index in [0.717, 1.165) is 12.8 Å². The number of carboxylic acid groups (broad SMARTS) is 1. The Hall–Kier alpha value is -2.04. The van der Waals surface area contributed by atoms with Crippen molar-refractivity contribution >= 4 is 11.9 Å². The third-order valence-electron chi connectivity index (χ3n) is 3.10. The van der Waals surface area contributed by atoms with Gasteiger partial charge in [-0.1, -0.05) is 0 Å². The fourth-order valence-corrected chi connectivity index (χ4v) is 1.93. The topological polar surface area (TPSA) is 86.6 Å². The summed E-state index contributed by atoms with van der Waals surface area (Å²) in [4.78, 5) is 23.0. The van der Waals surface area contributed by atoms with Crippen LogP contribution in [0.15, 0.2) is 18.2 Å². The highest BCUT2D eigenvalue weighted by Gasteiger charge is 2.37. The molecule has 0 radical (unpaired) electrons. The van der Waals surface area contributed by atoms with E-state index in [4.69, 9.17) is 5.11 Å². The first-order chi connectivity index (χ1) is 8.49. The number of benzene rings is 1. The summed E-state index contributed by atoms with van der Waals surface area (Å²) < 4.78 is 0. The molecule has 18 heavy (non-hydrogen) atoms. The van der Waals surface area contributed by atoms with E-state index in [9.17, 15) is 14.7 Å². The minimum atomic E-state index is -0.998. The lowest BCUT2D eigenvalue weighted by Gasteiger charge is -2.14. The largest absolute Gasteiger partial charge is 0.508 e. The number of aliphatic carboxylic acids is 1. The van der Waals surface area contributed by atoms with E-state index in [1.54, 1.807) is 6.92 Å². The van der Waals surface area contributed by atoms with E-state index in [2.05, 4.69) is 5.32 Å². The van der Waals surface area contributed by atoms with Gasteiger partial charge < -0.3 is 15.5 Å². The van der Waals surface area contributed by atoms with Crippen LogP contribution >= 0.6 is 0 Å². The van der Waals surface area contributed by atoms with Crippen molar-refractivity contribution in [1.82, 2.24) is 5.32 Å². The highest BCUT2D eigenvalue weighted by atomic mass is 16.4. The lowest BCUT2D eigenvalue weighted by Crippen LogP contribution is -2.42. The van der Waals surface area contributed by atoms with Gasteiger partial charge >= 0.3 is 5.97 Å². The molecule has 1 saturated carbocycles. The second-order valence-electron chi connectivity index (χ2n) is 4.63. The molecule has 96 valence electrons. The number of carbonyl (C=O) groups excluding carboxylic acids is 1. The number of rotatable bonds is 4. The maximum Gasteiger partial charge on any atom is 0.326 e. The fraction of sp³-hybridized carbons (Fsp3) is 0.385. The molecule has 5 heteroatoms. The summed E-state index contributed by atoms with van der Waals surface area (Å²) in [5, 5.41) is 20.8. The normalized spacial score (nSPS) is 16.1. The van der Waals surface area contributed by atoms with Crippen molar-refractivity contribution in [3.63, 3.8) is 0 Å². The van der Waals surface area contributed by atoms with Crippen LogP contribution in [0.4, 0.5) is 0 Å². The van der Waals surface area contributed by atoms with Crippen molar-refractivity contribution in [3.05, 3.63) is 29.3 Å². The Labute approximate surface area is 104 Å². The molecule has 0 heterocycles. The molecule has 3 N–H and O–H groups in total. The summed E-state index contributed by atoms with van der Waals surface area (Å²) >= 11 is 0. The molecule has 1 aromatic carbocycles. The summed E-state index contributed by atoms with van der Waals surface area (Å²) in [6, 6.07) is 3.56. The van der Waals surface area contributed by atoms with Gasteiger partial charge in [0.15, 0.2) is 0 Å². The van der Waals surface area contributed by atoms with Crippen LogP contribution in [-0.2, 0) is 4.79 Å². The number of hydrogen-bond acceptors (Lipinski definition) is 3. The number of phenols is 1. The highest BCUT2D eigenvalue weighted by molar-refractivity contribution is 5.98. The molecular formula is C13H15NO4. The average Bonchev–Trinajstić information content (AvgIpc) is 3.08. The summed E-state index contributed by atoms with van der Waals surface area (Å²) in [5.74, 6) is -1.28. The Morgan fingerprint density at radius 3 is 2.56 bits per heavy atom. The Kier molecular flexibility index (Phi) is 3.23. The molecule has 0 aliphatic heterocycles. The maximum absolute atomic E-state index is 12.0. The van der Waals surface area contributed by atoms with Crippen molar-refractivity contribution in [1.29, 1.82) is 0 Å². The van der Waals surface area contributed by atoms with Gasteiger partial charge in [-0.05, 0) is 49.4 Å². The summed E-state index contributed by atoms with van der Waals surface area (Å²) in [6.45, 7) is 1.70. The van der Waals surface area contributed by atoms with Crippen molar-refractivity contribution in [2.24, 2.45) is 5.92 Å².